The van der Waals surface area contributed by atoms with Gasteiger partial charge in [-0.1, -0.05) is 37.3 Å². The summed E-state index contributed by atoms with van der Waals surface area (Å²) in [6.45, 7) is 3.55. The van der Waals surface area contributed by atoms with Gasteiger partial charge in [0.1, 0.15) is 0 Å². The van der Waals surface area contributed by atoms with Crippen molar-refractivity contribution in [2.24, 2.45) is 0 Å². The Morgan fingerprint density at radius 3 is 2.48 bits per heavy atom. The molecule has 122 valence electrons. The third-order valence-corrected chi connectivity index (χ3v) is 3.28. The maximum absolute atomic E-state index is 12.1. The fourth-order valence-corrected chi connectivity index (χ4v) is 2.12. The van der Waals surface area contributed by atoms with E-state index in [9.17, 15) is 4.79 Å². The smallest absolute Gasteiger partial charge is 0.262 e. The van der Waals surface area contributed by atoms with Gasteiger partial charge in [-0.3, -0.25) is 4.79 Å². The van der Waals surface area contributed by atoms with Crippen molar-refractivity contribution < 1.29 is 14.3 Å². The Balaban J connectivity index is 1.95. The molecule has 0 saturated heterocycles. The number of ether oxygens (including phenoxy) is 2. The molecule has 0 aliphatic carbocycles. The van der Waals surface area contributed by atoms with Gasteiger partial charge in [0.05, 0.1) is 7.11 Å². The minimum absolute atomic E-state index is 0.0735. The molecule has 23 heavy (non-hydrogen) atoms. The van der Waals surface area contributed by atoms with Crippen molar-refractivity contribution in [3.63, 3.8) is 0 Å². The molecule has 0 bridgehead atoms. The largest absolute Gasteiger partial charge is 0.493 e. The summed E-state index contributed by atoms with van der Waals surface area (Å²) >= 11 is 0. The first-order chi connectivity index (χ1) is 11.2. The van der Waals surface area contributed by atoms with Crippen LogP contribution in [0.5, 0.6) is 11.5 Å². The van der Waals surface area contributed by atoms with E-state index in [0.29, 0.717) is 18.0 Å². The van der Waals surface area contributed by atoms with E-state index in [4.69, 9.17) is 9.47 Å². The van der Waals surface area contributed by atoms with Crippen LogP contribution in [0, 0.1) is 0 Å². The molecular weight excluding hydrogens is 292 g/mol. The van der Waals surface area contributed by atoms with Crippen LogP contribution in [0.2, 0.25) is 0 Å². The molecule has 0 unspecified atom stereocenters. The van der Waals surface area contributed by atoms with Crippen LogP contribution in [-0.2, 0) is 11.3 Å². The zero-order valence-corrected chi connectivity index (χ0v) is 13.5. The maximum atomic E-state index is 12.1. The first-order valence-electron chi connectivity index (χ1n) is 7.59. The molecule has 0 aliphatic heterocycles. The minimum Gasteiger partial charge on any atom is -0.493 e. The molecule has 1 amide bonds. The second kappa shape index (κ2) is 8.80. The normalized spacial score (nSPS) is 10.2. The number of carbonyl (C=O) groups excluding carboxylic acids is 1. The summed E-state index contributed by atoms with van der Waals surface area (Å²) < 4.78 is 10.7. The highest BCUT2D eigenvalue weighted by atomic mass is 16.5. The number of hydrogen-bond donors (Lipinski definition) is 2. The molecule has 0 spiro atoms. The highest BCUT2D eigenvalue weighted by Gasteiger charge is 2.09. The molecule has 0 radical (unpaired) electrons. The molecular formula is C18H22N2O3. The van der Waals surface area contributed by atoms with Gasteiger partial charge in [0, 0.05) is 12.2 Å². The molecule has 0 aromatic heterocycles. The summed E-state index contributed by atoms with van der Waals surface area (Å²) in [5.74, 6) is 0.943. The predicted octanol–water partition coefficient (Wildman–Crippen LogP) is 2.82. The Morgan fingerprint density at radius 1 is 1.04 bits per heavy atom. The van der Waals surface area contributed by atoms with Crippen LogP contribution in [0.3, 0.4) is 0 Å². The Hall–Kier alpha value is -2.53. The summed E-state index contributed by atoms with van der Waals surface area (Å²) in [5.41, 5.74) is 1.84. The number of para-hydroxylation sites is 3. The van der Waals surface area contributed by atoms with E-state index in [-0.39, 0.29) is 12.5 Å². The van der Waals surface area contributed by atoms with Gasteiger partial charge >= 0.3 is 0 Å². The molecule has 2 N–H and O–H groups in total. The van der Waals surface area contributed by atoms with E-state index in [1.807, 2.05) is 43.3 Å². The van der Waals surface area contributed by atoms with Crippen LogP contribution in [0.25, 0.3) is 0 Å². The number of anilines is 1. The lowest BCUT2D eigenvalue weighted by atomic mass is 10.1. The van der Waals surface area contributed by atoms with Gasteiger partial charge in [0.25, 0.3) is 5.91 Å². The van der Waals surface area contributed by atoms with Gasteiger partial charge in [-0.15, -0.1) is 0 Å². The molecule has 5 heteroatoms. The average Bonchev–Trinajstić information content (AvgIpc) is 2.59. The van der Waals surface area contributed by atoms with E-state index in [1.54, 1.807) is 19.2 Å². The number of nitrogens with one attached hydrogen (secondary N) is 2. The van der Waals surface area contributed by atoms with Crippen molar-refractivity contribution in [3.8, 4) is 11.5 Å². The van der Waals surface area contributed by atoms with E-state index in [1.165, 1.54) is 0 Å². The number of hydrogen-bond acceptors (Lipinski definition) is 4. The number of carbonyl (C=O) groups is 1. The van der Waals surface area contributed by atoms with Crippen molar-refractivity contribution >= 4 is 11.6 Å². The van der Waals surface area contributed by atoms with Gasteiger partial charge in [-0.05, 0) is 30.3 Å². The van der Waals surface area contributed by atoms with E-state index < -0.39 is 0 Å². The standard InChI is InChI=1S/C18H22N2O3/c1-3-19-12-14-8-4-5-9-15(14)20-18(21)13-23-17-11-7-6-10-16(17)22-2/h4-11,19H,3,12-13H2,1-2H3,(H,20,21). The third-order valence-electron chi connectivity index (χ3n) is 3.28. The maximum Gasteiger partial charge on any atom is 0.262 e. The Morgan fingerprint density at radius 2 is 1.74 bits per heavy atom. The van der Waals surface area contributed by atoms with Crippen LogP contribution < -0.4 is 20.1 Å². The lowest BCUT2D eigenvalue weighted by molar-refractivity contribution is -0.118. The first-order valence-corrected chi connectivity index (χ1v) is 7.59. The Labute approximate surface area is 136 Å². The SMILES string of the molecule is CCNCc1ccccc1NC(=O)COc1ccccc1OC. The Bertz CT molecular complexity index is 644. The number of benzene rings is 2. The highest BCUT2D eigenvalue weighted by molar-refractivity contribution is 5.92. The predicted molar refractivity (Wildman–Crippen MR) is 90.9 cm³/mol. The van der Waals surface area contributed by atoms with Gasteiger partial charge in [-0.2, -0.15) is 0 Å². The van der Waals surface area contributed by atoms with Crippen LogP contribution in [0.4, 0.5) is 5.69 Å². The number of amides is 1. The fourth-order valence-electron chi connectivity index (χ4n) is 2.12. The van der Waals surface area contributed by atoms with Crippen LogP contribution >= 0.6 is 0 Å². The molecule has 0 heterocycles. The molecule has 0 aliphatic rings. The van der Waals surface area contributed by atoms with Crippen molar-refractivity contribution in [2.75, 3.05) is 25.6 Å². The lowest BCUT2D eigenvalue weighted by Gasteiger charge is -2.13. The molecule has 0 saturated carbocycles. The van der Waals surface area contributed by atoms with Crippen LogP contribution in [-0.4, -0.2) is 26.2 Å². The van der Waals surface area contributed by atoms with Gasteiger partial charge in [0.2, 0.25) is 0 Å². The van der Waals surface area contributed by atoms with E-state index in [2.05, 4.69) is 10.6 Å². The highest BCUT2D eigenvalue weighted by Crippen LogP contribution is 2.25. The van der Waals surface area contributed by atoms with Gasteiger partial charge in [-0.25, -0.2) is 0 Å². The van der Waals surface area contributed by atoms with Crippen molar-refractivity contribution in [1.82, 2.24) is 5.32 Å². The van der Waals surface area contributed by atoms with E-state index >= 15 is 0 Å². The van der Waals surface area contributed by atoms with Crippen LogP contribution in [0.1, 0.15) is 12.5 Å². The molecule has 0 atom stereocenters. The van der Waals surface area contributed by atoms with Crippen molar-refractivity contribution in [1.29, 1.82) is 0 Å². The van der Waals surface area contributed by atoms with E-state index in [0.717, 1.165) is 17.8 Å². The molecule has 5 nitrogen and oxygen atoms in total. The van der Waals surface area contributed by atoms with Crippen molar-refractivity contribution in [2.45, 2.75) is 13.5 Å². The molecule has 2 rings (SSSR count). The summed E-state index contributed by atoms with van der Waals surface area (Å²) in [6, 6.07) is 15.0. The third kappa shape index (κ3) is 5.00. The lowest BCUT2D eigenvalue weighted by Crippen LogP contribution is -2.22. The Kier molecular flexibility index (Phi) is 6.44. The average molecular weight is 314 g/mol. The first kappa shape index (κ1) is 16.8. The monoisotopic (exact) mass is 314 g/mol. The fraction of sp³-hybridized carbons (Fsp3) is 0.278. The topological polar surface area (TPSA) is 59.6 Å². The van der Waals surface area contributed by atoms with Gasteiger partial charge in [0.15, 0.2) is 18.1 Å². The summed E-state index contributed by atoms with van der Waals surface area (Å²) in [7, 11) is 1.57. The zero-order chi connectivity index (χ0) is 16.5. The van der Waals surface area contributed by atoms with Crippen LogP contribution in [0.15, 0.2) is 48.5 Å². The van der Waals surface area contributed by atoms with Gasteiger partial charge < -0.3 is 20.1 Å². The number of methoxy groups -OCH3 is 1. The quantitative estimate of drug-likeness (QED) is 0.786. The summed E-state index contributed by atoms with van der Waals surface area (Å²) in [4.78, 5) is 12.1. The minimum atomic E-state index is -0.208. The summed E-state index contributed by atoms with van der Waals surface area (Å²) in [5, 5.41) is 6.13. The second-order valence-corrected chi connectivity index (χ2v) is 4.93. The zero-order valence-electron chi connectivity index (χ0n) is 13.5. The summed E-state index contributed by atoms with van der Waals surface area (Å²) in [6.07, 6.45) is 0. The molecule has 2 aromatic rings. The van der Waals surface area contributed by atoms with Crippen molar-refractivity contribution in [3.05, 3.63) is 54.1 Å². The second-order valence-electron chi connectivity index (χ2n) is 4.93. The molecule has 2 aromatic carbocycles. The molecule has 0 fully saturated rings. The number of rotatable bonds is 8.